The Kier molecular flexibility index (Phi) is 9.15. The highest BCUT2D eigenvalue weighted by Gasteiger charge is 2.35. The zero-order chi connectivity index (χ0) is 24.7. The minimum absolute atomic E-state index is 0.0983. The molecule has 0 spiro atoms. The van der Waals surface area contributed by atoms with Gasteiger partial charge in [-0.1, -0.05) is 13.8 Å². The lowest BCUT2D eigenvalue weighted by Crippen LogP contribution is -2.41. The Balaban J connectivity index is 0.000000222. The molecule has 11 heteroatoms. The van der Waals surface area contributed by atoms with E-state index in [9.17, 15) is 14.4 Å². The fourth-order valence-corrected chi connectivity index (χ4v) is 4.06. The number of aromatic nitrogens is 4. The number of hydrogen-bond acceptors (Lipinski definition) is 7. The standard InChI is InChI=1S/C11H10N4OS.C9H15NO4.C2H6/c1-6-5-8(15(2)14-6)10-12-7-3-4-17-9(7)11(16)13-10;1-6(2)14-9(13)10-5-3-4-7(10)8(11)12;1-2/h3-5H,1-2H3,(H,12,13,16);6-7H,3-5H2,1-2H3,(H,11,12);1-2H3. The van der Waals surface area contributed by atoms with E-state index < -0.39 is 18.1 Å². The molecule has 0 aliphatic carbocycles. The van der Waals surface area contributed by atoms with Crippen LogP contribution in [0.25, 0.3) is 21.7 Å². The predicted octanol–water partition coefficient (Wildman–Crippen LogP) is 3.80. The molecular formula is C22H31N5O5S. The van der Waals surface area contributed by atoms with Gasteiger partial charge in [0.15, 0.2) is 5.82 Å². The highest BCUT2D eigenvalue weighted by atomic mass is 32.1. The number of amides is 1. The lowest BCUT2D eigenvalue weighted by molar-refractivity contribution is -0.141. The maximum atomic E-state index is 11.8. The van der Waals surface area contributed by atoms with Gasteiger partial charge in [-0.25, -0.2) is 14.6 Å². The third kappa shape index (κ3) is 6.41. The number of hydrogen-bond donors (Lipinski definition) is 2. The Hall–Kier alpha value is -3.21. The molecule has 4 heterocycles. The maximum Gasteiger partial charge on any atom is 0.410 e. The number of rotatable bonds is 3. The molecule has 0 aromatic carbocycles. The number of nitrogens with zero attached hydrogens (tertiary/aromatic N) is 4. The quantitative estimate of drug-likeness (QED) is 0.587. The summed E-state index contributed by atoms with van der Waals surface area (Å²) in [6, 6.07) is 3.04. The van der Waals surface area contributed by atoms with E-state index >= 15 is 0 Å². The Morgan fingerprint density at radius 1 is 1.33 bits per heavy atom. The van der Waals surface area contributed by atoms with E-state index in [-0.39, 0.29) is 11.7 Å². The molecule has 1 atom stereocenters. The second kappa shape index (κ2) is 11.6. The van der Waals surface area contributed by atoms with E-state index in [1.807, 2.05) is 45.3 Å². The van der Waals surface area contributed by atoms with Crippen LogP contribution in [0.3, 0.4) is 0 Å². The number of nitrogens with one attached hydrogen (secondary N) is 1. The molecule has 1 amide bonds. The molecule has 3 aromatic rings. The number of ether oxygens (including phenoxy) is 1. The molecule has 0 saturated carbocycles. The monoisotopic (exact) mass is 477 g/mol. The Bertz CT molecular complexity index is 1150. The van der Waals surface area contributed by atoms with Gasteiger partial charge in [0.2, 0.25) is 0 Å². The van der Waals surface area contributed by atoms with Crippen LogP contribution in [-0.4, -0.2) is 60.5 Å². The van der Waals surface area contributed by atoms with Gasteiger partial charge in [-0.15, -0.1) is 11.3 Å². The molecule has 4 rings (SSSR count). The van der Waals surface area contributed by atoms with Gasteiger partial charge in [-0.3, -0.25) is 14.4 Å². The summed E-state index contributed by atoms with van der Waals surface area (Å²) in [6.45, 7) is 9.86. The van der Waals surface area contributed by atoms with Crippen molar-refractivity contribution in [3.8, 4) is 11.5 Å². The maximum absolute atomic E-state index is 11.8. The van der Waals surface area contributed by atoms with Crippen LogP contribution in [0.15, 0.2) is 22.3 Å². The highest BCUT2D eigenvalue weighted by molar-refractivity contribution is 7.17. The normalized spacial score (nSPS) is 15.0. The number of carbonyl (C=O) groups excluding carboxylic acids is 1. The van der Waals surface area contributed by atoms with Crippen LogP contribution < -0.4 is 5.56 Å². The van der Waals surface area contributed by atoms with Crippen molar-refractivity contribution < 1.29 is 19.4 Å². The zero-order valence-corrected chi connectivity index (χ0v) is 20.6. The molecule has 3 aromatic heterocycles. The number of fused-ring (bicyclic) bond motifs is 1. The second-order valence-corrected chi connectivity index (χ2v) is 8.38. The summed E-state index contributed by atoms with van der Waals surface area (Å²) in [4.78, 5) is 42.5. The number of H-pyrrole nitrogens is 1. The molecule has 1 unspecified atom stereocenters. The molecule has 33 heavy (non-hydrogen) atoms. The minimum atomic E-state index is -0.955. The smallest absolute Gasteiger partial charge is 0.410 e. The van der Waals surface area contributed by atoms with Crippen LogP contribution in [0.2, 0.25) is 0 Å². The Morgan fingerprint density at radius 3 is 2.61 bits per heavy atom. The summed E-state index contributed by atoms with van der Waals surface area (Å²) in [5, 5.41) is 14.9. The topological polar surface area (TPSA) is 130 Å². The van der Waals surface area contributed by atoms with E-state index in [2.05, 4.69) is 15.1 Å². The average molecular weight is 478 g/mol. The predicted molar refractivity (Wildman–Crippen MR) is 128 cm³/mol. The first-order chi connectivity index (χ1) is 15.7. The van der Waals surface area contributed by atoms with Gasteiger partial charge in [0.25, 0.3) is 5.56 Å². The lowest BCUT2D eigenvalue weighted by Gasteiger charge is -2.21. The first-order valence-electron chi connectivity index (χ1n) is 10.9. The molecule has 1 saturated heterocycles. The third-order valence-corrected chi connectivity index (χ3v) is 5.57. The van der Waals surface area contributed by atoms with Crippen LogP contribution in [0.5, 0.6) is 0 Å². The fraction of sp³-hybridized carbons (Fsp3) is 0.500. The molecule has 0 radical (unpaired) electrons. The molecular weight excluding hydrogens is 446 g/mol. The third-order valence-electron chi connectivity index (χ3n) is 4.67. The second-order valence-electron chi connectivity index (χ2n) is 7.47. The Labute approximate surface area is 196 Å². The minimum Gasteiger partial charge on any atom is -0.480 e. The summed E-state index contributed by atoms with van der Waals surface area (Å²) >= 11 is 1.40. The van der Waals surface area contributed by atoms with Gasteiger partial charge in [0, 0.05) is 13.6 Å². The van der Waals surface area contributed by atoms with Crippen molar-refractivity contribution >= 4 is 33.6 Å². The van der Waals surface area contributed by atoms with E-state index in [4.69, 9.17) is 9.84 Å². The van der Waals surface area contributed by atoms with E-state index in [1.54, 1.807) is 18.5 Å². The number of aliphatic carboxylic acids is 1. The summed E-state index contributed by atoms with van der Waals surface area (Å²) in [7, 11) is 1.83. The van der Waals surface area contributed by atoms with Crippen molar-refractivity contribution in [3.63, 3.8) is 0 Å². The van der Waals surface area contributed by atoms with E-state index in [1.165, 1.54) is 16.2 Å². The average Bonchev–Trinajstić information content (AvgIpc) is 3.48. The fourth-order valence-electron chi connectivity index (χ4n) is 3.34. The van der Waals surface area contributed by atoms with Gasteiger partial charge in [0.05, 0.1) is 17.3 Å². The SMILES string of the molecule is CC.CC(C)OC(=O)N1CCCC1C(=O)O.Cc1cc(-c2nc3ccsc3c(=O)[nH]2)n(C)n1. The zero-order valence-electron chi connectivity index (χ0n) is 19.8. The molecule has 1 aliphatic heterocycles. The van der Waals surface area contributed by atoms with Crippen molar-refractivity contribution in [3.05, 3.63) is 33.6 Å². The molecule has 10 nitrogen and oxygen atoms in total. The van der Waals surface area contributed by atoms with Crippen molar-refractivity contribution in [2.45, 2.75) is 59.6 Å². The van der Waals surface area contributed by atoms with Crippen LogP contribution >= 0.6 is 11.3 Å². The number of thiophene rings is 1. The number of carbonyl (C=O) groups is 2. The van der Waals surface area contributed by atoms with Gasteiger partial charge in [-0.05, 0) is 51.1 Å². The van der Waals surface area contributed by atoms with Crippen LogP contribution in [-0.2, 0) is 16.6 Å². The Morgan fingerprint density at radius 2 is 2.03 bits per heavy atom. The molecule has 2 N–H and O–H groups in total. The first-order valence-corrected chi connectivity index (χ1v) is 11.7. The number of likely N-dealkylation sites (tertiary alicyclic amines) is 1. The van der Waals surface area contributed by atoms with E-state index in [0.717, 1.165) is 23.3 Å². The van der Waals surface area contributed by atoms with Crippen LogP contribution in [0, 0.1) is 6.92 Å². The number of aromatic amines is 1. The summed E-state index contributed by atoms with van der Waals surface area (Å²) in [5.74, 6) is -0.396. The van der Waals surface area contributed by atoms with Crippen molar-refractivity contribution in [2.24, 2.45) is 7.05 Å². The number of aryl methyl sites for hydroxylation is 2. The summed E-state index contributed by atoms with van der Waals surface area (Å²) in [5.41, 5.74) is 2.34. The van der Waals surface area contributed by atoms with Gasteiger partial charge in [-0.2, -0.15) is 5.10 Å². The van der Waals surface area contributed by atoms with Crippen molar-refractivity contribution in [1.82, 2.24) is 24.6 Å². The summed E-state index contributed by atoms with van der Waals surface area (Å²) < 4.78 is 7.31. The lowest BCUT2D eigenvalue weighted by atomic mass is 10.2. The number of carboxylic acid groups (broad SMARTS) is 1. The first kappa shape index (κ1) is 26.0. The molecule has 0 bridgehead atoms. The molecule has 180 valence electrons. The van der Waals surface area contributed by atoms with Crippen molar-refractivity contribution in [1.29, 1.82) is 0 Å². The van der Waals surface area contributed by atoms with Gasteiger partial charge in [0.1, 0.15) is 16.4 Å². The molecule has 1 aliphatic rings. The summed E-state index contributed by atoms with van der Waals surface area (Å²) in [6.07, 6.45) is 0.509. The number of carboxylic acids is 1. The van der Waals surface area contributed by atoms with Crippen molar-refractivity contribution in [2.75, 3.05) is 6.54 Å². The van der Waals surface area contributed by atoms with Gasteiger partial charge >= 0.3 is 12.1 Å². The molecule has 1 fully saturated rings. The van der Waals surface area contributed by atoms with Crippen LogP contribution in [0.4, 0.5) is 4.79 Å². The largest absolute Gasteiger partial charge is 0.480 e. The van der Waals surface area contributed by atoms with Gasteiger partial charge < -0.3 is 14.8 Å². The highest BCUT2D eigenvalue weighted by Crippen LogP contribution is 2.20. The van der Waals surface area contributed by atoms with Crippen LogP contribution in [0.1, 0.15) is 46.2 Å². The van der Waals surface area contributed by atoms with E-state index in [0.29, 0.717) is 23.5 Å².